The van der Waals surface area contributed by atoms with E-state index in [0.29, 0.717) is 16.2 Å². The summed E-state index contributed by atoms with van der Waals surface area (Å²) in [6.07, 6.45) is 0. The fourth-order valence-corrected chi connectivity index (χ4v) is 2.27. The van der Waals surface area contributed by atoms with Crippen LogP contribution in [0.25, 0.3) is 0 Å². The van der Waals surface area contributed by atoms with Gasteiger partial charge >= 0.3 is 0 Å². The molecule has 0 fully saturated rings. The van der Waals surface area contributed by atoms with Crippen LogP contribution in [-0.2, 0) is 5.41 Å². The average Bonchev–Trinajstić information content (AvgIpc) is 2.34. The molecule has 0 saturated heterocycles. The minimum absolute atomic E-state index is 0.0150. The summed E-state index contributed by atoms with van der Waals surface area (Å²) in [5, 5.41) is 2.78. The number of hydrogen-bond donors (Lipinski definition) is 1. The first-order chi connectivity index (χ1) is 9.66. The first kappa shape index (κ1) is 16.3. The molecule has 7 heteroatoms. The van der Waals surface area contributed by atoms with Crippen molar-refractivity contribution in [2.75, 3.05) is 5.32 Å². The number of rotatable bonds is 2. The number of benzene rings is 1. The van der Waals surface area contributed by atoms with Gasteiger partial charge in [-0.2, -0.15) is 0 Å². The summed E-state index contributed by atoms with van der Waals surface area (Å²) in [7, 11) is 0. The Hall–Kier alpha value is -1.08. The fraction of sp³-hybridized carbons (Fsp3) is 0.286. The van der Waals surface area contributed by atoms with Crippen LogP contribution in [0.5, 0.6) is 0 Å². The highest BCUT2D eigenvalue weighted by molar-refractivity contribution is 9.10. The number of aromatic nitrogens is 2. The SMILES string of the molecule is CC(C)(C)c1nc(Br)cc(Nc2cc(F)c(Br)cc2F)n1. The number of nitrogens with one attached hydrogen (secondary N) is 1. The van der Waals surface area contributed by atoms with E-state index in [2.05, 4.69) is 47.1 Å². The highest BCUT2D eigenvalue weighted by Gasteiger charge is 2.19. The van der Waals surface area contributed by atoms with E-state index in [0.717, 1.165) is 12.1 Å². The Bertz CT molecular complexity index is 685. The van der Waals surface area contributed by atoms with Gasteiger partial charge in [0.2, 0.25) is 0 Å². The molecule has 2 aromatic rings. The van der Waals surface area contributed by atoms with Gasteiger partial charge in [-0.3, -0.25) is 0 Å². The molecule has 0 spiro atoms. The van der Waals surface area contributed by atoms with Gasteiger partial charge in [0.05, 0.1) is 10.2 Å². The lowest BCUT2D eigenvalue weighted by molar-refractivity contribution is 0.544. The molecule has 112 valence electrons. The zero-order valence-electron chi connectivity index (χ0n) is 11.6. The van der Waals surface area contributed by atoms with Crippen LogP contribution in [0.4, 0.5) is 20.3 Å². The number of anilines is 2. The number of hydrogen-bond acceptors (Lipinski definition) is 3. The molecule has 1 heterocycles. The Kier molecular flexibility index (Phi) is 4.63. The standard InChI is InChI=1S/C14H13Br2F2N3/c1-14(2,3)13-20-11(16)6-12(21-13)19-10-5-8(17)7(15)4-9(10)18/h4-6H,1-3H3,(H,19,20,21). The van der Waals surface area contributed by atoms with Crippen molar-refractivity contribution in [1.82, 2.24) is 9.97 Å². The zero-order chi connectivity index (χ0) is 15.8. The first-order valence-electron chi connectivity index (χ1n) is 6.13. The Balaban J connectivity index is 2.40. The smallest absolute Gasteiger partial charge is 0.148 e. The largest absolute Gasteiger partial charge is 0.338 e. The van der Waals surface area contributed by atoms with Crippen molar-refractivity contribution < 1.29 is 8.78 Å². The summed E-state index contributed by atoms with van der Waals surface area (Å²) < 4.78 is 28.0. The lowest BCUT2D eigenvalue weighted by Crippen LogP contribution is -2.17. The molecule has 21 heavy (non-hydrogen) atoms. The van der Waals surface area contributed by atoms with E-state index in [9.17, 15) is 8.78 Å². The second kappa shape index (κ2) is 5.96. The molecule has 1 N–H and O–H groups in total. The molecule has 0 saturated carbocycles. The predicted octanol–water partition coefficient (Wildman–Crippen LogP) is 5.32. The molecule has 0 atom stereocenters. The quantitative estimate of drug-likeness (QED) is 0.527. The van der Waals surface area contributed by atoms with Crippen LogP contribution in [0.3, 0.4) is 0 Å². The van der Waals surface area contributed by atoms with Crippen molar-refractivity contribution in [3.8, 4) is 0 Å². The lowest BCUT2D eigenvalue weighted by atomic mass is 9.96. The van der Waals surface area contributed by atoms with Crippen molar-refractivity contribution in [1.29, 1.82) is 0 Å². The minimum atomic E-state index is -0.574. The van der Waals surface area contributed by atoms with E-state index in [-0.39, 0.29) is 15.6 Å². The molecular weight excluding hydrogens is 408 g/mol. The summed E-state index contributed by atoms with van der Waals surface area (Å²) >= 11 is 6.24. The summed E-state index contributed by atoms with van der Waals surface area (Å²) in [5.74, 6) is -0.141. The van der Waals surface area contributed by atoms with Crippen LogP contribution >= 0.6 is 31.9 Å². The Morgan fingerprint density at radius 2 is 1.67 bits per heavy atom. The highest BCUT2D eigenvalue weighted by atomic mass is 79.9. The van der Waals surface area contributed by atoms with Crippen molar-refractivity contribution in [3.05, 3.63) is 44.7 Å². The van der Waals surface area contributed by atoms with Gasteiger partial charge in [-0.05, 0) is 37.9 Å². The average molecular weight is 421 g/mol. The van der Waals surface area contributed by atoms with Gasteiger partial charge in [0.1, 0.15) is 27.9 Å². The maximum absolute atomic E-state index is 13.8. The van der Waals surface area contributed by atoms with E-state index in [1.54, 1.807) is 6.07 Å². The molecule has 1 aromatic heterocycles. The maximum atomic E-state index is 13.8. The van der Waals surface area contributed by atoms with E-state index in [4.69, 9.17) is 0 Å². The minimum Gasteiger partial charge on any atom is -0.338 e. The summed E-state index contributed by atoms with van der Waals surface area (Å²) in [6.45, 7) is 5.91. The summed E-state index contributed by atoms with van der Waals surface area (Å²) in [4.78, 5) is 8.63. The second-order valence-corrected chi connectivity index (χ2v) is 7.19. The van der Waals surface area contributed by atoms with Crippen molar-refractivity contribution in [2.45, 2.75) is 26.2 Å². The lowest BCUT2D eigenvalue weighted by Gasteiger charge is -2.18. The van der Waals surface area contributed by atoms with Gasteiger partial charge in [-0.1, -0.05) is 20.8 Å². The molecule has 0 aliphatic heterocycles. The van der Waals surface area contributed by atoms with E-state index < -0.39 is 11.6 Å². The molecule has 2 rings (SSSR count). The van der Waals surface area contributed by atoms with Gasteiger partial charge in [0.15, 0.2) is 0 Å². The topological polar surface area (TPSA) is 37.8 Å². The Morgan fingerprint density at radius 1 is 1.00 bits per heavy atom. The van der Waals surface area contributed by atoms with Crippen LogP contribution in [0.15, 0.2) is 27.3 Å². The van der Waals surface area contributed by atoms with Crippen molar-refractivity contribution in [3.63, 3.8) is 0 Å². The van der Waals surface area contributed by atoms with Crippen molar-refractivity contribution in [2.24, 2.45) is 0 Å². The zero-order valence-corrected chi connectivity index (χ0v) is 14.8. The monoisotopic (exact) mass is 419 g/mol. The molecule has 0 bridgehead atoms. The molecule has 0 amide bonds. The van der Waals surface area contributed by atoms with Crippen molar-refractivity contribution >= 4 is 43.4 Å². The van der Waals surface area contributed by atoms with Crippen LogP contribution in [0.1, 0.15) is 26.6 Å². The van der Waals surface area contributed by atoms with Gasteiger partial charge in [-0.15, -0.1) is 0 Å². The molecule has 0 aliphatic carbocycles. The molecule has 0 aliphatic rings. The molecule has 0 radical (unpaired) electrons. The molecular formula is C14H13Br2F2N3. The Labute approximate surface area is 138 Å². The molecule has 0 unspecified atom stereocenters. The third-order valence-corrected chi connectivity index (χ3v) is 3.65. The summed E-state index contributed by atoms with van der Waals surface area (Å²) in [6, 6.07) is 3.75. The number of halogens is 4. The summed E-state index contributed by atoms with van der Waals surface area (Å²) in [5.41, 5.74) is -0.245. The number of nitrogens with zero attached hydrogens (tertiary/aromatic N) is 2. The van der Waals surface area contributed by atoms with Gasteiger partial charge in [0.25, 0.3) is 0 Å². The van der Waals surface area contributed by atoms with Crippen LogP contribution in [-0.4, -0.2) is 9.97 Å². The second-order valence-electron chi connectivity index (χ2n) is 5.52. The Morgan fingerprint density at radius 3 is 2.29 bits per heavy atom. The molecule has 1 aromatic carbocycles. The van der Waals surface area contributed by atoms with Crippen LogP contribution in [0.2, 0.25) is 0 Å². The van der Waals surface area contributed by atoms with Gasteiger partial charge in [-0.25, -0.2) is 18.7 Å². The fourth-order valence-electron chi connectivity index (χ4n) is 1.57. The maximum Gasteiger partial charge on any atom is 0.148 e. The van der Waals surface area contributed by atoms with Gasteiger partial charge in [0, 0.05) is 17.5 Å². The van der Waals surface area contributed by atoms with E-state index in [1.165, 1.54) is 0 Å². The third kappa shape index (κ3) is 3.97. The van der Waals surface area contributed by atoms with Gasteiger partial charge < -0.3 is 5.32 Å². The predicted molar refractivity (Wildman–Crippen MR) is 85.8 cm³/mol. The van der Waals surface area contributed by atoms with E-state index >= 15 is 0 Å². The highest BCUT2D eigenvalue weighted by Crippen LogP contribution is 2.28. The first-order valence-corrected chi connectivity index (χ1v) is 7.72. The normalized spacial score (nSPS) is 11.6. The molecule has 3 nitrogen and oxygen atoms in total. The van der Waals surface area contributed by atoms with E-state index in [1.807, 2.05) is 20.8 Å². The van der Waals surface area contributed by atoms with Crippen LogP contribution < -0.4 is 5.32 Å². The third-order valence-electron chi connectivity index (χ3n) is 2.64. The van der Waals surface area contributed by atoms with Crippen LogP contribution in [0, 0.1) is 11.6 Å².